The van der Waals surface area contributed by atoms with Gasteiger partial charge in [-0.25, -0.2) is 13.6 Å². The van der Waals surface area contributed by atoms with Gasteiger partial charge in [-0.1, -0.05) is 0 Å². The van der Waals surface area contributed by atoms with Crippen LogP contribution in [0.25, 0.3) is 0 Å². The van der Waals surface area contributed by atoms with E-state index in [4.69, 9.17) is 5.14 Å². The van der Waals surface area contributed by atoms with Crippen LogP contribution in [0.4, 0.5) is 11.4 Å². The predicted molar refractivity (Wildman–Crippen MR) is 99.8 cm³/mol. The smallest absolute Gasteiger partial charge is 0.293 e. The zero-order chi connectivity index (χ0) is 19.4. The van der Waals surface area contributed by atoms with Crippen LogP contribution < -0.4 is 10.5 Å². The fourth-order valence-electron chi connectivity index (χ4n) is 3.16. The lowest BCUT2D eigenvalue weighted by molar-refractivity contribution is -0.384. The first-order chi connectivity index (χ1) is 12.8. The molecule has 0 saturated carbocycles. The van der Waals surface area contributed by atoms with Gasteiger partial charge in [0.05, 0.1) is 16.4 Å². The molecule has 2 heterocycles. The Bertz CT molecular complexity index is 892. The number of piperidine rings is 1. The average molecular weight is 394 g/mol. The Kier molecular flexibility index (Phi) is 5.73. The van der Waals surface area contributed by atoms with Gasteiger partial charge in [-0.3, -0.25) is 14.8 Å². The van der Waals surface area contributed by atoms with Crippen molar-refractivity contribution in [3.8, 4) is 0 Å². The molecule has 3 rings (SSSR count). The standard InChI is InChI=1S/C16H22N6O4S/c17-27(25,26)14-2-3-15(16(12-14)22(23)24)19-13-4-8-20(9-5-13)10-11-21-7-1-6-18-21/h1-3,6-7,12-13,19H,4-5,8-11H2,(H2,17,25,26). The van der Waals surface area contributed by atoms with Crippen LogP contribution in [0.3, 0.4) is 0 Å². The normalized spacial score (nSPS) is 16.3. The Morgan fingerprint density at radius 3 is 2.63 bits per heavy atom. The topological polar surface area (TPSA) is 136 Å². The van der Waals surface area contributed by atoms with E-state index in [-0.39, 0.29) is 16.6 Å². The van der Waals surface area contributed by atoms with Gasteiger partial charge in [-0.05, 0) is 31.0 Å². The molecule has 0 spiro atoms. The lowest BCUT2D eigenvalue weighted by Gasteiger charge is -2.32. The largest absolute Gasteiger partial charge is 0.377 e. The quantitative estimate of drug-likeness (QED) is 0.528. The van der Waals surface area contributed by atoms with Gasteiger partial charge >= 0.3 is 0 Å². The van der Waals surface area contributed by atoms with E-state index in [1.54, 1.807) is 6.20 Å². The summed E-state index contributed by atoms with van der Waals surface area (Å²) in [5.41, 5.74) is 0.0185. The Labute approximate surface area is 157 Å². The van der Waals surface area contributed by atoms with Gasteiger partial charge in [-0.15, -0.1) is 0 Å². The van der Waals surface area contributed by atoms with Crippen molar-refractivity contribution in [2.45, 2.75) is 30.3 Å². The number of nitrogens with zero attached hydrogens (tertiary/aromatic N) is 4. The number of hydrogen-bond acceptors (Lipinski definition) is 7. The number of nitro benzene ring substituents is 1. The molecule has 0 bridgehead atoms. The van der Waals surface area contributed by atoms with Crippen LogP contribution in [0.2, 0.25) is 0 Å². The van der Waals surface area contributed by atoms with Gasteiger partial charge in [0, 0.05) is 44.1 Å². The number of nitro groups is 1. The molecule has 0 amide bonds. The summed E-state index contributed by atoms with van der Waals surface area (Å²) in [4.78, 5) is 12.8. The summed E-state index contributed by atoms with van der Waals surface area (Å²) in [6.45, 7) is 3.48. The Hall–Kier alpha value is -2.50. The molecule has 1 aliphatic rings. The highest BCUT2D eigenvalue weighted by molar-refractivity contribution is 7.89. The molecular formula is C16H22N6O4S. The Morgan fingerprint density at radius 2 is 2.04 bits per heavy atom. The van der Waals surface area contributed by atoms with E-state index in [2.05, 4.69) is 15.3 Å². The zero-order valence-corrected chi connectivity index (χ0v) is 15.5. The van der Waals surface area contributed by atoms with Crippen molar-refractivity contribution in [2.75, 3.05) is 25.0 Å². The van der Waals surface area contributed by atoms with E-state index in [1.165, 1.54) is 12.1 Å². The molecule has 2 aromatic rings. The number of sulfonamides is 1. The minimum atomic E-state index is -3.99. The molecule has 3 N–H and O–H groups in total. The molecule has 1 aromatic heterocycles. The molecule has 1 saturated heterocycles. The van der Waals surface area contributed by atoms with Crippen molar-refractivity contribution in [1.82, 2.24) is 14.7 Å². The van der Waals surface area contributed by atoms with Crippen LogP contribution in [-0.2, 0) is 16.6 Å². The van der Waals surface area contributed by atoms with Gasteiger partial charge in [0.15, 0.2) is 0 Å². The monoisotopic (exact) mass is 394 g/mol. The van der Waals surface area contributed by atoms with Crippen LogP contribution >= 0.6 is 0 Å². The van der Waals surface area contributed by atoms with Gasteiger partial charge in [-0.2, -0.15) is 5.10 Å². The van der Waals surface area contributed by atoms with E-state index in [0.29, 0.717) is 5.69 Å². The predicted octanol–water partition coefficient (Wildman–Crippen LogP) is 1.02. The second-order valence-corrected chi connectivity index (χ2v) is 8.07. The minimum absolute atomic E-state index is 0.0880. The molecule has 11 heteroatoms. The molecule has 27 heavy (non-hydrogen) atoms. The molecule has 0 atom stereocenters. The number of hydrogen-bond donors (Lipinski definition) is 2. The number of likely N-dealkylation sites (tertiary alicyclic amines) is 1. The minimum Gasteiger partial charge on any atom is -0.377 e. The maximum Gasteiger partial charge on any atom is 0.293 e. The second-order valence-electron chi connectivity index (χ2n) is 6.51. The molecule has 1 fully saturated rings. The third kappa shape index (κ3) is 5.02. The molecule has 10 nitrogen and oxygen atoms in total. The molecule has 0 radical (unpaired) electrons. The molecule has 0 unspecified atom stereocenters. The highest BCUT2D eigenvalue weighted by Crippen LogP contribution is 2.29. The summed E-state index contributed by atoms with van der Waals surface area (Å²) in [5.74, 6) is 0. The van der Waals surface area contributed by atoms with Gasteiger partial charge in [0.1, 0.15) is 5.69 Å². The summed E-state index contributed by atoms with van der Waals surface area (Å²) >= 11 is 0. The van der Waals surface area contributed by atoms with Crippen LogP contribution in [0, 0.1) is 10.1 Å². The molecule has 1 aromatic carbocycles. The lowest BCUT2D eigenvalue weighted by Crippen LogP contribution is -2.40. The highest BCUT2D eigenvalue weighted by Gasteiger charge is 2.24. The number of primary sulfonamides is 1. The van der Waals surface area contributed by atoms with E-state index < -0.39 is 14.9 Å². The average Bonchev–Trinajstić information content (AvgIpc) is 3.14. The first kappa shape index (κ1) is 19.3. The number of aromatic nitrogens is 2. The number of rotatable bonds is 7. The second kappa shape index (κ2) is 8.03. The molecule has 1 aliphatic heterocycles. The van der Waals surface area contributed by atoms with Gasteiger partial charge in [0.2, 0.25) is 10.0 Å². The van der Waals surface area contributed by atoms with E-state index in [0.717, 1.165) is 45.1 Å². The van der Waals surface area contributed by atoms with E-state index in [9.17, 15) is 18.5 Å². The van der Waals surface area contributed by atoms with E-state index >= 15 is 0 Å². The van der Waals surface area contributed by atoms with Gasteiger partial charge in [0.25, 0.3) is 5.69 Å². The SMILES string of the molecule is NS(=O)(=O)c1ccc(NC2CCN(CCn3cccn3)CC2)c([N+](=O)[O-])c1. The first-order valence-electron chi connectivity index (χ1n) is 8.60. The number of anilines is 1. The highest BCUT2D eigenvalue weighted by atomic mass is 32.2. The fraction of sp³-hybridized carbons (Fsp3) is 0.438. The number of nitrogens with one attached hydrogen (secondary N) is 1. The maximum absolute atomic E-state index is 11.4. The fourth-order valence-corrected chi connectivity index (χ4v) is 3.69. The zero-order valence-electron chi connectivity index (χ0n) is 14.7. The first-order valence-corrected chi connectivity index (χ1v) is 10.1. The summed E-state index contributed by atoms with van der Waals surface area (Å²) in [6, 6.07) is 5.66. The summed E-state index contributed by atoms with van der Waals surface area (Å²) in [7, 11) is -3.99. The number of benzene rings is 1. The van der Waals surface area contributed by atoms with Crippen LogP contribution in [0.5, 0.6) is 0 Å². The van der Waals surface area contributed by atoms with Crippen LogP contribution in [0.15, 0.2) is 41.6 Å². The molecule has 146 valence electrons. The number of nitrogens with two attached hydrogens (primary N) is 1. The van der Waals surface area contributed by atoms with Crippen molar-refractivity contribution < 1.29 is 13.3 Å². The lowest BCUT2D eigenvalue weighted by atomic mass is 10.0. The van der Waals surface area contributed by atoms with Crippen molar-refractivity contribution in [1.29, 1.82) is 0 Å². The van der Waals surface area contributed by atoms with Crippen molar-refractivity contribution >= 4 is 21.4 Å². The summed E-state index contributed by atoms with van der Waals surface area (Å²) in [5, 5.41) is 23.7. The van der Waals surface area contributed by atoms with E-state index in [1.807, 2.05) is 16.9 Å². The summed E-state index contributed by atoms with van der Waals surface area (Å²) in [6.07, 6.45) is 5.36. The van der Waals surface area contributed by atoms with Crippen molar-refractivity contribution in [3.05, 3.63) is 46.8 Å². The van der Waals surface area contributed by atoms with Crippen LogP contribution in [0.1, 0.15) is 12.8 Å². The molecular weight excluding hydrogens is 372 g/mol. The van der Waals surface area contributed by atoms with Crippen molar-refractivity contribution in [3.63, 3.8) is 0 Å². The van der Waals surface area contributed by atoms with Crippen LogP contribution in [-0.4, -0.2) is 53.7 Å². The maximum atomic E-state index is 11.4. The van der Waals surface area contributed by atoms with Crippen molar-refractivity contribution in [2.24, 2.45) is 5.14 Å². The third-order valence-corrected chi connectivity index (χ3v) is 5.56. The van der Waals surface area contributed by atoms with Gasteiger partial charge < -0.3 is 10.2 Å². The third-order valence-electron chi connectivity index (χ3n) is 4.65. The summed E-state index contributed by atoms with van der Waals surface area (Å²) < 4.78 is 24.7. The Balaban J connectivity index is 1.59. The molecule has 0 aliphatic carbocycles. The Morgan fingerprint density at radius 1 is 1.30 bits per heavy atom.